The molecule has 3 aromatic carbocycles. The van der Waals surface area contributed by atoms with E-state index in [1.165, 1.54) is 27.8 Å². The number of carboxylic acid groups (broad SMARTS) is 1. The molecule has 0 amide bonds. The molecule has 3 aromatic rings. The number of carboxylic acids is 1. The first-order valence-electron chi connectivity index (χ1n) is 12.6. The first kappa shape index (κ1) is 24.6. The third kappa shape index (κ3) is 4.80. The van der Waals surface area contributed by atoms with Crippen LogP contribution in [0.2, 0.25) is 5.02 Å². The first-order chi connectivity index (χ1) is 17.4. The van der Waals surface area contributed by atoms with E-state index in [9.17, 15) is 9.90 Å². The van der Waals surface area contributed by atoms with Gasteiger partial charge in [0.1, 0.15) is 5.54 Å². The molecule has 36 heavy (non-hydrogen) atoms. The van der Waals surface area contributed by atoms with E-state index < -0.39 is 11.5 Å². The molecule has 2 aliphatic rings. The average Bonchev–Trinajstić information content (AvgIpc) is 3.16. The largest absolute Gasteiger partial charge is 0.480 e. The van der Waals surface area contributed by atoms with Crippen LogP contribution in [0.3, 0.4) is 0 Å². The molecule has 0 bridgehead atoms. The zero-order valence-electron chi connectivity index (χ0n) is 20.6. The van der Waals surface area contributed by atoms with Crippen LogP contribution in [0, 0.1) is 6.92 Å². The van der Waals surface area contributed by atoms with Crippen molar-refractivity contribution in [3.8, 4) is 0 Å². The summed E-state index contributed by atoms with van der Waals surface area (Å²) in [5.41, 5.74) is 5.85. The van der Waals surface area contributed by atoms with Gasteiger partial charge in [-0.3, -0.25) is 0 Å². The number of aryl methyl sites for hydroxylation is 1. The number of halogens is 1. The second kappa shape index (κ2) is 10.1. The number of carbonyl (C=O) groups is 1. The quantitative estimate of drug-likeness (QED) is 0.324. The summed E-state index contributed by atoms with van der Waals surface area (Å²) in [5.74, 6) is -0.816. The summed E-state index contributed by atoms with van der Waals surface area (Å²) >= 11 is 6.16. The van der Waals surface area contributed by atoms with Crippen LogP contribution in [0.15, 0.2) is 78.4 Å². The number of anilines is 1. The van der Waals surface area contributed by atoms with Gasteiger partial charge in [0.15, 0.2) is 0 Å². The predicted octanol–water partition coefficient (Wildman–Crippen LogP) is 7.05. The molecule has 0 radical (unpaired) electrons. The molecular weight excluding hydrogens is 470 g/mol. The highest BCUT2D eigenvalue weighted by atomic mass is 35.5. The Kier molecular flexibility index (Phi) is 6.92. The van der Waals surface area contributed by atoms with Crippen LogP contribution in [-0.4, -0.2) is 29.8 Å². The minimum atomic E-state index is -1.02. The Balaban J connectivity index is 1.32. The molecule has 2 N–H and O–H groups in total. The van der Waals surface area contributed by atoms with E-state index in [-0.39, 0.29) is 5.41 Å². The Morgan fingerprint density at radius 1 is 1.00 bits per heavy atom. The van der Waals surface area contributed by atoms with E-state index in [0.717, 1.165) is 24.9 Å². The fourth-order valence-corrected chi connectivity index (χ4v) is 6.10. The molecule has 5 rings (SSSR count). The number of ether oxygens (including phenoxy) is 1. The molecule has 4 nitrogen and oxygen atoms in total. The Labute approximate surface area is 218 Å². The van der Waals surface area contributed by atoms with Gasteiger partial charge in [0, 0.05) is 16.1 Å². The van der Waals surface area contributed by atoms with Gasteiger partial charge in [0.05, 0.1) is 13.2 Å². The maximum Gasteiger partial charge on any atom is 0.329 e. The zero-order chi connectivity index (χ0) is 25.2. The molecular formula is C31H32ClNO3. The summed E-state index contributed by atoms with van der Waals surface area (Å²) in [7, 11) is 0. The van der Waals surface area contributed by atoms with Crippen molar-refractivity contribution in [1.82, 2.24) is 0 Å². The Bertz CT molecular complexity index is 1290. The van der Waals surface area contributed by atoms with Crippen LogP contribution >= 0.6 is 11.6 Å². The van der Waals surface area contributed by atoms with Gasteiger partial charge in [-0.15, -0.1) is 0 Å². The predicted molar refractivity (Wildman–Crippen MR) is 146 cm³/mol. The van der Waals surface area contributed by atoms with E-state index >= 15 is 0 Å². The average molecular weight is 502 g/mol. The minimum Gasteiger partial charge on any atom is -0.480 e. The summed E-state index contributed by atoms with van der Waals surface area (Å²) < 4.78 is 6.21. The van der Waals surface area contributed by atoms with Gasteiger partial charge in [0.2, 0.25) is 0 Å². The van der Waals surface area contributed by atoms with Gasteiger partial charge in [0.25, 0.3) is 0 Å². The summed E-state index contributed by atoms with van der Waals surface area (Å²) in [5, 5.41) is 14.2. The number of benzene rings is 3. The highest BCUT2D eigenvalue weighted by Crippen LogP contribution is 2.53. The monoisotopic (exact) mass is 501 g/mol. The molecule has 0 aliphatic heterocycles. The normalized spacial score (nSPS) is 22.8. The molecule has 1 spiro atoms. The molecule has 5 heteroatoms. The Hall–Kier alpha value is -3.08. The summed E-state index contributed by atoms with van der Waals surface area (Å²) in [4.78, 5) is 12.5. The standard InChI is InChI=1S/C31H32ClNO3/c1-22-6-4-7-23(18-22)12-17-36-21-25-19-24-8-2-3-11-28(24)30(25)13-15-31(16-14-30,29(34)35)33-27-10-5-9-26(32)20-27/h2-11,18-20,33H,12-17,21H2,1H3,(H,34,35). The van der Waals surface area contributed by atoms with E-state index in [2.05, 4.69) is 66.8 Å². The maximum absolute atomic E-state index is 12.5. The first-order valence-corrected chi connectivity index (χ1v) is 13.0. The smallest absolute Gasteiger partial charge is 0.329 e. The van der Waals surface area contributed by atoms with Crippen LogP contribution in [0.1, 0.15) is 47.9 Å². The summed E-state index contributed by atoms with van der Waals surface area (Å²) in [6, 6.07) is 24.3. The van der Waals surface area contributed by atoms with Crippen molar-refractivity contribution in [2.45, 2.75) is 50.0 Å². The number of hydrogen-bond donors (Lipinski definition) is 2. The third-order valence-electron chi connectivity index (χ3n) is 7.87. The molecule has 0 unspecified atom stereocenters. The van der Waals surface area contributed by atoms with Gasteiger partial charge < -0.3 is 15.2 Å². The lowest BCUT2D eigenvalue weighted by Crippen LogP contribution is -2.52. The molecule has 1 fully saturated rings. The molecule has 186 valence electrons. The van der Waals surface area contributed by atoms with Crippen LogP contribution in [0.4, 0.5) is 5.69 Å². The van der Waals surface area contributed by atoms with E-state index in [1.54, 1.807) is 12.1 Å². The van der Waals surface area contributed by atoms with Crippen LogP contribution in [-0.2, 0) is 21.4 Å². The summed E-state index contributed by atoms with van der Waals surface area (Å²) in [6.07, 6.45) is 5.67. The lowest BCUT2D eigenvalue weighted by molar-refractivity contribution is -0.143. The van der Waals surface area contributed by atoms with Gasteiger partial charge in [-0.05, 0) is 79.5 Å². The van der Waals surface area contributed by atoms with Gasteiger partial charge in [-0.1, -0.05) is 77.8 Å². The van der Waals surface area contributed by atoms with E-state index in [0.29, 0.717) is 31.1 Å². The lowest BCUT2D eigenvalue weighted by Gasteiger charge is -2.45. The van der Waals surface area contributed by atoms with Crippen molar-refractivity contribution in [2.24, 2.45) is 0 Å². The van der Waals surface area contributed by atoms with Crippen molar-refractivity contribution in [3.63, 3.8) is 0 Å². The number of fused-ring (bicyclic) bond motifs is 2. The fraction of sp³-hybridized carbons (Fsp3) is 0.323. The molecule has 0 saturated heterocycles. The molecule has 1 saturated carbocycles. The zero-order valence-corrected chi connectivity index (χ0v) is 21.4. The van der Waals surface area contributed by atoms with Crippen LogP contribution < -0.4 is 5.32 Å². The van der Waals surface area contributed by atoms with Gasteiger partial charge in [-0.2, -0.15) is 0 Å². The van der Waals surface area contributed by atoms with Crippen molar-refractivity contribution >= 4 is 29.3 Å². The molecule has 0 aromatic heterocycles. The number of aliphatic carboxylic acids is 1. The van der Waals surface area contributed by atoms with E-state index in [4.69, 9.17) is 16.3 Å². The third-order valence-corrected chi connectivity index (χ3v) is 8.11. The van der Waals surface area contributed by atoms with Crippen molar-refractivity contribution in [3.05, 3.63) is 106 Å². The van der Waals surface area contributed by atoms with Gasteiger partial charge in [-0.25, -0.2) is 4.79 Å². The second-order valence-electron chi connectivity index (χ2n) is 10.2. The Morgan fingerprint density at radius 3 is 2.53 bits per heavy atom. The van der Waals surface area contributed by atoms with Crippen molar-refractivity contribution < 1.29 is 14.6 Å². The molecule has 0 atom stereocenters. The SMILES string of the molecule is Cc1cccc(CCOCC2=Cc3ccccc3C23CCC(Nc2cccc(Cl)c2)(C(=O)O)CC3)c1. The van der Waals surface area contributed by atoms with Crippen LogP contribution in [0.5, 0.6) is 0 Å². The molecule has 0 heterocycles. The molecule has 2 aliphatic carbocycles. The number of rotatable bonds is 8. The minimum absolute atomic E-state index is 0.186. The van der Waals surface area contributed by atoms with Crippen LogP contribution in [0.25, 0.3) is 6.08 Å². The van der Waals surface area contributed by atoms with Gasteiger partial charge >= 0.3 is 5.97 Å². The van der Waals surface area contributed by atoms with Crippen molar-refractivity contribution in [1.29, 1.82) is 0 Å². The van der Waals surface area contributed by atoms with Crippen molar-refractivity contribution in [2.75, 3.05) is 18.5 Å². The highest BCUT2D eigenvalue weighted by molar-refractivity contribution is 6.30. The van der Waals surface area contributed by atoms with E-state index in [1.807, 2.05) is 12.1 Å². The maximum atomic E-state index is 12.5. The Morgan fingerprint density at radius 2 is 1.78 bits per heavy atom. The number of hydrogen-bond acceptors (Lipinski definition) is 3. The number of nitrogens with one attached hydrogen (secondary N) is 1. The second-order valence-corrected chi connectivity index (χ2v) is 10.6. The topological polar surface area (TPSA) is 58.6 Å². The highest BCUT2D eigenvalue weighted by Gasteiger charge is 2.51. The lowest BCUT2D eigenvalue weighted by atomic mass is 9.62. The fourth-order valence-electron chi connectivity index (χ4n) is 5.91. The summed E-state index contributed by atoms with van der Waals surface area (Å²) in [6.45, 7) is 3.32.